The molecule has 0 bridgehead atoms. The van der Waals surface area contributed by atoms with Crippen LogP contribution in [0.25, 0.3) is 10.8 Å². The molecule has 1 aliphatic rings. The highest BCUT2D eigenvalue weighted by Crippen LogP contribution is 2.18. The van der Waals surface area contributed by atoms with E-state index in [2.05, 4.69) is 46.1 Å². The lowest BCUT2D eigenvalue weighted by atomic mass is 10.0. The van der Waals surface area contributed by atoms with E-state index >= 15 is 0 Å². The number of pyridine rings is 1. The molecule has 20 heavy (non-hydrogen) atoms. The number of hydrogen-bond donors (Lipinski definition) is 0. The minimum atomic E-state index is 1.13. The van der Waals surface area contributed by atoms with E-state index in [0.29, 0.717) is 0 Å². The SMILES string of the molecule is CN1CCN(CCCc2cncc3ccccc23)CC1. The lowest BCUT2D eigenvalue weighted by molar-refractivity contribution is 0.153. The van der Waals surface area contributed by atoms with Crippen molar-refractivity contribution in [2.24, 2.45) is 0 Å². The molecule has 2 heterocycles. The van der Waals surface area contributed by atoms with Crippen molar-refractivity contribution in [2.75, 3.05) is 39.8 Å². The van der Waals surface area contributed by atoms with Gasteiger partial charge in [0.1, 0.15) is 0 Å². The smallest absolute Gasteiger partial charge is 0.0346 e. The van der Waals surface area contributed by atoms with Gasteiger partial charge < -0.3 is 9.80 Å². The third kappa shape index (κ3) is 3.17. The van der Waals surface area contributed by atoms with Gasteiger partial charge in [-0.2, -0.15) is 0 Å². The standard InChI is InChI=1S/C17H23N3/c1-19-9-11-20(12-10-19)8-4-6-16-14-18-13-15-5-2-3-7-17(15)16/h2-3,5,7,13-14H,4,6,8-12H2,1H3. The van der Waals surface area contributed by atoms with Gasteiger partial charge in [-0.05, 0) is 37.4 Å². The second-order valence-electron chi connectivity index (χ2n) is 5.77. The van der Waals surface area contributed by atoms with Crippen LogP contribution in [0.1, 0.15) is 12.0 Å². The fraction of sp³-hybridized carbons (Fsp3) is 0.471. The van der Waals surface area contributed by atoms with Crippen molar-refractivity contribution in [3.63, 3.8) is 0 Å². The van der Waals surface area contributed by atoms with Crippen LogP contribution in [-0.4, -0.2) is 54.6 Å². The molecule has 0 radical (unpaired) electrons. The molecule has 2 aromatic rings. The summed E-state index contributed by atoms with van der Waals surface area (Å²) >= 11 is 0. The minimum absolute atomic E-state index is 1.13. The average Bonchev–Trinajstić information content (AvgIpc) is 2.49. The molecular weight excluding hydrogens is 246 g/mol. The van der Waals surface area contributed by atoms with Crippen LogP contribution in [0.2, 0.25) is 0 Å². The van der Waals surface area contributed by atoms with Crippen molar-refractivity contribution < 1.29 is 0 Å². The van der Waals surface area contributed by atoms with Crippen molar-refractivity contribution in [2.45, 2.75) is 12.8 Å². The molecule has 3 rings (SSSR count). The zero-order valence-electron chi connectivity index (χ0n) is 12.3. The van der Waals surface area contributed by atoms with Crippen LogP contribution < -0.4 is 0 Å². The molecule has 0 aliphatic carbocycles. The first-order valence-electron chi connectivity index (χ1n) is 7.55. The summed E-state index contributed by atoms with van der Waals surface area (Å²) in [6, 6.07) is 8.55. The lowest BCUT2D eigenvalue weighted by Gasteiger charge is -2.32. The van der Waals surface area contributed by atoms with Gasteiger partial charge in [0.2, 0.25) is 0 Å². The van der Waals surface area contributed by atoms with Crippen LogP contribution in [0.15, 0.2) is 36.7 Å². The number of likely N-dealkylation sites (N-methyl/N-ethyl adjacent to an activating group) is 1. The maximum Gasteiger partial charge on any atom is 0.0346 e. The summed E-state index contributed by atoms with van der Waals surface area (Å²) in [5, 5.41) is 2.62. The number of hydrogen-bond acceptors (Lipinski definition) is 3. The van der Waals surface area contributed by atoms with Crippen LogP contribution in [0, 0.1) is 0 Å². The van der Waals surface area contributed by atoms with E-state index in [9.17, 15) is 0 Å². The molecule has 3 heteroatoms. The van der Waals surface area contributed by atoms with Gasteiger partial charge in [0.15, 0.2) is 0 Å². The van der Waals surface area contributed by atoms with Crippen molar-refractivity contribution in [3.05, 3.63) is 42.2 Å². The van der Waals surface area contributed by atoms with E-state index in [4.69, 9.17) is 0 Å². The van der Waals surface area contributed by atoms with Gasteiger partial charge in [0.05, 0.1) is 0 Å². The number of benzene rings is 1. The van der Waals surface area contributed by atoms with Crippen molar-refractivity contribution in [1.29, 1.82) is 0 Å². The first-order valence-corrected chi connectivity index (χ1v) is 7.55. The van der Waals surface area contributed by atoms with Crippen molar-refractivity contribution in [1.82, 2.24) is 14.8 Å². The number of fused-ring (bicyclic) bond motifs is 1. The van der Waals surface area contributed by atoms with E-state index in [1.807, 2.05) is 12.4 Å². The Hall–Kier alpha value is -1.45. The van der Waals surface area contributed by atoms with Crippen molar-refractivity contribution in [3.8, 4) is 0 Å². The molecule has 1 fully saturated rings. The maximum absolute atomic E-state index is 4.37. The number of piperazine rings is 1. The van der Waals surface area contributed by atoms with Gasteiger partial charge in [-0.15, -0.1) is 0 Å². The third-order valence-electron chi connectivity index (χ3n) is 4.27. The van der Waals surface area contributed by atoms with Gasteiger partial charge in [-0.3, -0.25) is 4.98 Å². The summed E-state index contributed by atoms with van der Waals surface area (Å²) in [4.78, 5) is 9.36. The van der Waals surface area contributed by atoms with E-state index in [1.165, 1.54) is 55.5 Å². The number of aromatic nitrogens is 1. The molecule has 106 valence electrons. The van der Waals surface area contributed by atoms with E-state index in [-0.39, 0.29) is 0 Å². The number of nitrogens with zero attached hydrogens (tertiary/aromatic N) is 3. The van der Waals surface area contributed by atoms with Crippen LogP contribution in [-0.2, 0) is 6.42 Å². The Bertz CT molecular complexity index is 554. The summed E-state index contributed by atoms with van der Waals surface area (Å²) in [5.74, 6) is 0. The molecular formula is C17H23N3. The van der Waals surface area contributed by atoms with E-state index in [0.717, 1.165) is 6.42 Å². The third-order valence-corrected chi connectivity index (χ3v) is 4.27. The van der Waals surface area contributed by atoms with Gasteiger partial charge in [0, 0.05) is 44.0 Å². The predicted molar refractivity (Wildman–Crippen MR) is 84.0 cm³/mol. The molecule has 0 unspecified atom stereocenters. The molecule has 0 spiro atoms. The van der Waals surface area contributed by atoms with Crippen LogP contribution in [0.3, 0.4) is 0 Å². The lowest BCUT2D eigenvalue weighted by Crippen LogP contribution is -2.44. The monoisotopic (exact) mass is 269 g/mol. The van der Waals surface area contributed by atoms with Gasteiger partial charge in [0.25, 0.3) is 0 Å². The molecule has 1 aromatic heterocycles. The molecule has 0 atom stereocenters. The zero-order valence-corrected chi connectivity index (χ0v) is 12.3. The van der Waals surface area contributed by atoms with Crippen LogP contribution >= 0.6 is 0 Å². The molecule has 0 amide bonds. The Morgan fingerprint density at radius 3 is 2.70 bits per heavy atom. The molecule has 1 saturated heterocycles. The predicted octanol–water partition coefficient (Wildman–Crippen LogP) is 2.41. The van der Waals surface area contributed by atoms with E-state index in [1.54, 1.807) is 0 Å². The fourth-order valence-corrected chi connectivity index (χ4v) is 2.94. The Kier molecular flexibility index (Phi) is 4.28. The first-order chi connectivity index (χ1) is 9.83. The molecule has 0 N–H and O–H groups in total. The molecule has 0 saturated carbocycles. The molecule has 3 nitrogen and oxygen atoms in total. The Balaban J connectivity index is 1.57. The first kappa shape index (κ1) is 13.5. The summed E-state index contributed by atoms with van der Waals surface area (Å²) in [6.45, 7) is 6.04. The zero-order chi connectivity index (χ0) is 13.8. The average molecular weight is 269 g/mol. The highest BCUT2D eigenvalue weighted by Gasteiger charge is 2.13. The molecule has 1 aliphatic heterocycles. The van der Waals surface area contributed by atoms with Gasteiger partial charge in [-0.1, -0.05) is 24.3 Å². The van der Waals surface area contributed by atoms with Crippen LogP contribution in [0.5, 0.6) is 0 Å². The second-order valence-corrected chi connectivity index (χ2v) is 5.77. The van der Waals surface area contributed by atoms with Crippen LogP contribution in [0.4, 0.5) is 0 Å². The number of aryl methyl sites for hydroxylation is 1. The summed E-state index contributed by atoms with van der Waals surface area (Å²) in [7, 11) is 2.21. The normalized spacial score (nSPS) is 17.6. The van der Waals surface area contributed by atoms with E-state index < -0.39 is 0 Å². The Morgan fingerprint density at radius 1 is 1.05 bits per heavy atom. The van der Waals surface area contributed by atoms with Gasteiger partial charge in [-0.25, -0.2) is 0 Å². The number of rotatable bonds is 4. The highest BCUT2D eigenvalue weighted by molar-refractivity contribution is 5.84. The van der Waals surface area contributed by atoms with Crippen molar-refractivity contribution >= 4 is 10.8 Å². The second kappa shape index (κ2) is 6.33. The highest BCUT2D eigenvalue weighted by atomic mass is 15.2. The molecule has 1 aromatic carbocycles. The van der Waals surface area contributed by atoms with Gasteiger partial charge >= 0.3 is 0 Å². The largest absolute Gasteiger partial charge is 0.304 e. The maximum atomic E-state index is 4.37. The topological polar surface area (TPSA) is 19.4 Å². The fourth-order valence-electron chi connectivity index (χ4n) is 2.94. The summed E-state index contributed by atoms with van der Waals surface area (Å²) in [5.41, 5.74) is 1.39. The Labute approximate surface area is 121 Å². The minimum Gasteiger partial charge on any atom is -0.304 e. The summed E-state index contributed by atoms with van der Waals surface area (Å²) < 4.78 is 0. The summed E-state index contributed by atoms with van der Waals surface area (Å²) in [6.07, 6.45) is 6.34. The Morgan fingerprint density at radius 2 is 1.85 bits per heavy atom. The quantitative estimate of drug-likeness (QED) is 0.850.